The molecule has 2 aliphatic rings. The topological polar surface area (TPSA) is 114 Å². The lowest BCUT2D eigenvalue weighted by atomic mass is 9.83. The number of rotatable bonds is 9. The first-order valence-corrected chi connectivity index (χ1v) is 14.3. The summed E-state index contributed by atoms with van der Waals surface area (Å²) < 4.78 is 15.9. The summed E-state index contributed by atoms with van der Waals surface area (Å²) >= 11 is 0. The Bertz CT molecular complexity index is 1000. The summed E-state index contributed by atoms with van der Waals surface area (Å²) in [4.78, 5) is 54.7. The molecule has 10 nitrogen and oxygen atoms in total. The predicted molar refractivity (Wildman–Crippen MR) is 149 cm³/mol. The average Bonchev–Trinajstić information content (AvgIpc) is 3.37. The highest BCUT2D eigenvalue weighted by Gasteiger charge is 2.41. The number of ether oxygens (including phenoxy) is 3. The third-order valence-electron chi connectivity index (χ3n) is 7.62. The Hall–Kier alpha value is -3.30. The largest absolute Gasteiger partial charge is 0.469 e. The van der Waals surface area contributed by atoms with Crippen LogP contribution in [-0.2, 0) is 30.4 Å². The summed E-state index contributed by atoms with van der Waals surface area (Å²) in [7, 11) is 3.04. The number of esters is 1. The molecule has 1 N–H and O–H groups in total. The zero-order valence-corrected chi connectivity index (χ0v) is 24.5. The molecule has 1 aliphatic heterocycles. The molecule has 3 rings (SSSR count). The maximum atomic E-state index is 13.6. The molecule has 40 heavy (non-hydrogen) atoms. The molecule has 1 saturated carbocycles. The van der Waals surface area contributed by atoms with Crippen LogP contribution in [0.1, 0.15) is 71.3 Å². The van der Waals surface area contributed by atoms with Crippen molar-refractivity contribution in [3.05, 3.63) is 35.9 Å². The van der Waals surface area contributed by atoms with Crippen LogP contribution >= 0.6 is 0 Å². The quantitative estimate of drug-likeness (QED) is 0.350. The maximum Gasteiger partial charge on any atom is 0.410 e. The van der Waals surface area contributed by atoms with E-state index in [4.69, 9.17) is 14.2 Å². The van der Waals surface area contributed by atoms with E-state index in [9.17, 15) is 19.2 Å². The monoisotopic (exact) mass is 559 g/mol. The minimum Gasteiger partial charge on any atom is -0.469 e. The Morgan fingerprint density at radius 2 is 1.75 bits per heavy atom. The summed E-state index contributed by atoms with van der Waals surface area (Å²) in [6, 6.07) is 8.41. The van der Waals surface area contributed by atoms with Crippen molar-refractivity contribution in [2.24, 2.45) is 11.8 Å². The van der Waals surface area contributed by atoms with Crippen LogP contribution in [0.2, 0.25) is 0 Å². The van der Waals surface area contributed by atoms with E-state index in [2.05, 4.69) is 5.32 Å². The van der Waals surface area contributed by atoms with Crippen molar-refractivity contribution in [2.45, 2.75) is 90.0 Å². The second kappa shape index (κ2) is 14.4. The van der Waals surface area contributed by atoms with Gasteiger partial charge in [0.2, 0.25) is 5.91 Å². The molecule has 1 aromatic carbocycles. The lowest BCUT2D eigenvalue weighted by molar-refractivity contribution is -0.145. The maximum absolute atomic E-state index is 13.6. The van der Waals surface area contributed by atoms with E-state index in [1.54, 1.807) is 37.6 Å². The number of hydrogen-bond donors (Lipinski definition) is 1. The molecule has 1 heterocycles. The van der Waals surface area contributed by atoms with Crippen LogP contribution in [-0.4, -0.2) is 78.8 Å². The number of benzene rings is 1. The van der Waals surface area contributed by atoms with Gasteiger partial charge < -0.3 is 29.3 Å². The van der Waals surface area contributed by atoms with Crippen LogP contribution in [0.25, 0.3) is 0 Å². The third kappa shape index (κ3) is 9.13. The number of nitrogens with zero attached hydrogens (tertiary/aromatic N) is 2. The SMILES string of the molecule is COC(=O)[C@@H]1C[C@@H](CCN(C)C(=O)[C@@H](NC(=O)OC(C)(C)C)C2CCCCC2)N(C(=O)OCc2ccccc2)C1. The van der Waals surface area contributed by atoms with Crippen LogP contribution < -0.4 is 5.32 Å². The van der Waals surface area contributed by atoms with Gasteiger partial charge >= 0.3 is 18.2 Å². The smallest absolute Gasteiger partial charge is 0.410 e. The van der Waals surface area contributed by atoms with E-state index in [-0.39, 0.29) is 37.0 Å². The molecule has 0 spiro atoms. The molecule has 1 aromatic rings. The second-order valence-corrected chi connectivity index (χ2v) is 11.9. The summed E-state index contributed by atoms with van der Waals surface area (Å²) in [5.41, 5.74) is 0.195. The fraction of sp³-hybridized carbons (Fsp3) is 0.667. The number of likely N-dealkylation sites (tertiary alicyclic amines) is 1. The van der Waals surface area contributed by atoms with Gasteiger partial charge in [0.25, 0.3) is 0 Å². The summed E-state index contributed by atoms with van der Waals surface area (Å²) in [6.07, 6.45) is 4.68. The Balaban J connectivity index is 1.65. The lowest BCUT2D eigenvalue weighted by Gasteiger charge is -2.34. The standard InChI is InChI=1S/C30H45N3O7/c1-30(2,3)40-28(36)31-25(22-14-10-7-11-15-22)26(34)32(4)17-16-24-18-23(27(35)38-5)19-33(24)29(37)39-20-21-12-8-6-9-13-21/h6,8-9,12-13,22-25H,7,10-11,14-20H2,1-5H3,(H,31,36)/t23-,24-,25+/m1/s1. The summed E-state index contributed by atoms with van der Waals surface area (Å²) in [5, 5.41) is 2.84. The number of nitrogens with one attached hydrogen (secondary N) is 1. The first-order valence-electron chi connectivity index (χ1n) is 14.3. The molecule has 1 aliphatic carbocycles. The van der Waals surface area contributed by atoms with Crippen LogP contribution in [0.3, 0.4) is 0 Å². The van der Waals surface area contributed by atoms with Crippen molar-refractivity contribution in [3.8, 4) is 0 Å². The van der Waals surface area contributed by atoms with Crippen molar-refractivity contribution in [1.29, 1.82) is 0 Å². The Morgan fingerprint density at radius 1 is 1.07 bits per heavy atom. The van der Waals surface area contributed by atoms with Gasteiger partial charge in [-0.05, 0) is 57.9 Å². The first kappa shape index (κ1) is 31.2. The highest BCUT2D eigenvalue weighted by atomic mass is 16.6. The van der Waals surface area contributed by atoms with Gasteiger partial charge in [0.15, 0.2) is 0 Å². The Labute approximate surface area is 237 Å². The fourth-order valence-corrected chi connectivity index (χ4v) is 5.53. The predicted octanol–water partition coefficient (Wildman–Crippen LogP) is 4.51. The number of alkyl carbamates (subject to hydrolysis) is 1. The molecule has 0 unspecified atom stereocenters. The van der Waals surface area contributed by atoms with Crippen molar-refractivity contribution >= 4 is 24.1 Å². The van der Waals surface area contributed by atoms with E-state index in [1.807, 2.05) is 30.3 Å². The molecule has 3 atom stereocenters. The van der Waals surface area contributed by atoms with Crippen molar-refractivity contribution < 1.29 is 33.4 Å². The van der Waals surface area contributed by atoms with Gasteiger partial charge in [-0.25, -0.2) is 9.59 Å². The zero-order valence-electron chi connectivity index (χ0n) is 24.5. The van der Waals surface area contributed by atoms with Crippen LogP contribution in [0.4, 0.5) is 9.59 Å². The Morgan fingerprint density at radius 3 is 2.38 bits per heavy atom. The number of likely N-dealkylation sites (N-methyl/N-ethyl adjacent to an activating group) is 1. The lowest BCUT2D eigenvalue weighted by Crippen LogP contribution is -2.53. The van der Waals surface area contributed by atoms with Gasteiger partial charge in [-0.3, -0.25) is 9.59 Å². The number of carbonyl (C=O) groups excluding carboxylic acids is 4. The van der Waals surface area contributed by atoms with E-state index >= 15 is 0 Å². The van der Waals surface area contributed by atoms with Crippen LogP contribution in [0.5, 0.6) is 0 Å². The Kier molecular flexibility index (Phi) is 11.2. The molecular weight excluding hydrogens is 514 g/mol. The second-order valence-electron chi connectivity index (χ2n) is 11.9. The number of methoxy groups -OCH3 is 1. The minimum absolute atomic E-state index is 0.0378. The van der Waals surface area contributed by atoms with Gasteiger partial charge in [0.05, 0.1) is 13.0 Å². The summed E-state index contributed by atoms with van der Waals surface area (Å²) in [6.45, 7) is 6.04. The van der Waals surface area contributed by atoms with E-state index < -0.39 is 29.7 Å². The number of amides is 3. The molecular formula is C30H45N3O7. The molecule has 2 fully saturated rings. The molecule has 1 saturated heterocycles. The highest BCUT2D eigenvalue weighted by molar-refractivity contribution is 5.86. The minimum atomic E-state index is -0.682. The van der Waals surface area contributed by atoms with E-state index in [0.717, 1.165) is 37.7 Å². The van der Waals surface area contributed by atoms with Gasteiger partial charge in [0.1, 0.15) is 18.2 Å². The molecule has 10 heteroatoms. The van der Waals surface area contributed by atoms with E-state index in [1.165, 1.54) is 7.11 Å². The van der Waals surface area contributed by atoms with Crippen LogP contribution in [0.15, 0.2) is 30.3 Å². The molecule has 0 bridgehead atoms. The third-order valence-corrected chi connectivity index (χ3v) is 7.62. The number of hydrogen-bond acceptors (Lipinski definition) is 7. The van der Waals surface area contributed by atoms with Crippen molar-refractivity contribution in [1.82, 2.24) is 15.1 Å². The van der Waals surface area contributed by atoms with Crippen molar-refractivity contribution in [3.63, 3.8) is 0 Å². The highest BCUT2D eigenvalue weighted by Crippen LogP contribution is 2.30. The average molecular weight is 560 g/mol. The van der Waals surface area contributed by atoms with Gasteiger partial charge in [-0.1, -0.05) is 49.6 Å². The first-order chi connectivity index (χ1) is 19.0. The van der Waals surface area contributed by atoms with E-state index in [0.29, 0.717) is 19.4 Å². The normalized spacial score (nSPS) is 20.4. The molecule has 0 aromatic heterocycles. The van der Waals surface area contributed by atoms with Gasteiger partial charge in [-0.15, -0.1) is 0 Å². The van der Waals surface area contributed by atoms with Gasteiger partial charge in [-0.2, -0.15) is 0 Å². The molecule has 3 amide bonds. The molecule has 222 valence electrons. The van der Waals surface area contributed by atoms with Crippen LogP contribution in [0, 0.1) is 11.8 Å². The zero-order chi connectivity index (χ0) is 29.3. The van der Waals surface area contributed by atoms with Gasteiger partial charge in [0, 0.05) is 26.2 Å². The summed E-state index contributed by atoms with van der Waals surface area (Å²) in [5.74, 6) is -0.967. The molecule has 0 radical (unpaired) electrons. The van der Waals surface area contributed by atoms with Crippen molar-refractivity contribution in [2.75, 3.05) is 27.2 Å². The fourth-order valence-electron chi connectivity index (χ4n) is 5.53. The number of carbonyl (C=O) groups is 4.